The van der Waals surface area contributed by atoms with E-state index in [1.54, 1.807) is 18.2 Å². The molecule has 6 heteroatoms. The number of ketones is 1. The number of aromatic nitrogens is 1. The van der Waals surface area contributed by atoms with Gasteiger partial charge in [0.05, 0.1) is 25.3 Å². The van der Waals surface area contributed by atoms with Crippen LogP contribution in [-0.4, -0.2) is 34.6 Å². The minimum atomic E-state index is -1.10. The van der Waals surface area contributed by atoms with Gasteiger partial charge >= 0.3 is 5.97 Å². The summed E-state index contributed by atoms with van der Waals surface area (Å²) in [5, 5.41) is 10.9. The van der Waals surface area contributed by atoms with Crippen LogP contribution in [0.2, 0.25) is 0 Å². The molecular weight excluding hydrogens is 397 g/mol. The quantitative estimate of drug-likeness (QED) is 0.412. The van der Waals surface area contributed by atoms with Gasteiger partial charge in [-0.3, -0.25) is 9.59 Å². The molecule has 1 heterocycles. The second-order valence-electron chi connectivity index (χ2n) is 7.69. The van der Waals surface area contributed by atoms with Crippen molar-refractivity contribution in [2.45, 2.75) is 38.8 Å². The summed E-state index contributed by atoms with van der Waals surface area (Å²) < 4.78 is 20.2. The van der Waals surface area contributed by atoms with Crippen molar-refractivity contribution in [2.75, 3.05) is 7.11 Å². The number of fused-ring (bicyclic) bond motifs is 1. The van der Waals surface area contributed by atoms with Gasteiger partial charge in [-0.1, -0.05) is 30.3 Å². The van der Waals surface area contributed by atoms with Crippen LogP contribution in [-0.2, 0) is 14.3 Å². The predicted octanol–water partition coefficient (Wildman–Crippen LogP) is 4.92. The highest BCUT2D eigenvalue weighted by atomic mass is 19.1. The standard InChI is InChI=1S/C25H26FNO4/c1-16(2)27-22-7-5-4-6-21(22)25(17-8-10-18(26)11-9-17)23(27)13-12-19(28)14-20(29)15-24(30)31-3/h4-13,16,20,29H,14-15H2,1-3H3/b13-12+. The Morgan fingerprint density at radius 3 is 2.42 bits per heavy atom. The fraction of sp³-hybridized carbons (Fsp3) is 0.280. The van der Waals surface area contributed by atoms with Crippen molar-refractivity contribution < 1.29 is 23.8 Å². The Bertz CT molecular complexity index is 1110. The third kappa shape index (κ3) is 5.09. The molecule has 1 aromatic heterocycles. The average Bonchev–Trinajstić information content (AvgIpc) is 3.07. The molecule has 0 saturated carbocycles. The van der Waals surface area contributed by atoms with Gasteiger partial charge in [0, 0.05) is 28.9 Å². The number of carbonyl (C=O) groups excluding carboxylic acids is 2. The number of hydrogen-bond donors (Lipinski definition) is 1. The molecule has 31 heavy (non-hydrogen) atoms. The number of nitrogens with zero attached hydrogens (tertiary/aromatic N) is 1. The van der Waals surface area contributed by atoms with Gasteiger partial charge in [-0.25, -0.2) is 4.39 Å². The first-order valence-corrected chi connectivity index (χ1v) is 10.2. The molecule has 0 aliphatic carbocycles. The van der Waals surface area contributed by atoms with Gasteiger partial charge in [-0.05, 0) is 49.8 Å². The zero-order valence-corrected chi connectivity index (χ0v) is 17.8. The van der Waals surface area contributed by atoms with E-state index in [0.29, 0.717) is 0 Å². The molecule has 5 nitrogen and oxygen atoms in total. The minimum Gasteiger partial charge on any atom is -0.469 e. The number of para-hydroxylation sites is 1. The first kappa shape index (κ1) is 22.4. The lowest BCUT2D eigenvalue weighted by molar-refractivity contribution is -0.143. The van der Waals surface area contributed by atoms with E-state index in [0.717, 1.165) is 27.7 Å². The summed E-state index contributed by atoms with van der Waals surface area (Å²) in [5.74, 6) is -1.19. The highest BCUT2D eigenvalue weighted by Crippen LogP contribution is 2.37. The van der Waals surface area contributed by atoms with Crippen molar-refractivity contribution in [3.8, 4) is 11.1 Å². The smallest absolute Gasteiger partial charge is 0.308 e. The van der Waals surface area contributed by atoms with Gasteiger partial charge in [0.1, 0.15) is 5.82 Å². The summed E-state index contributed by atoms with van der Waals surface area (Å²) in [7, 11) is 1.23. The van der Waals surface area contributed by atoms with Crippen molar-refractivity contribution in [1.82, 2.24) is 4.57 Å². The Balaban J connectivity index is 2.04. The summed E-state index contributed by atoms with van der Waals surface area (Å²) >= 11 is 0. The molecule has 0 radical (unpaired) electrons. The first-order chi connectivity index (χ1) is 14.8. The van der Waals surface area contributed by atoms with Crippen LogP contribution in [0.4, 0.5) is 4.39 Å². The number of allylic oxidation sites excluding steroid dienone is 1. The lowest BCUT2D eigenvalue weighted by atomic mass is 10.0. The van der Waals surface area contributed by atoms with Crippen LogP contribution < -0.4 is 0 Å². The molecule has 3 aromatic rings. The van der Waals surface area contributed by atoms with Crippen molar-refractivity contribution in [2.24, 2.45) is 0 Å². The predicted molar refractivity (Wildman–Crippen MR) is 119 cm³/mol. The van der Waals surface area contributed by atoms with Crippen molar-refractivity contribution >= 4 is 28.7 Å². The van der Waals surface area contributed by atoms with Crippen LogP contribution in [0.5, 0.6) is 0 Å². The van der Waals surface area contributed by atoms with Gasteiger partial charge in [0.25, 0.3) is 0 Å². The molecule has 0 aliphatic rings. The Labute approximate surface area is 180 Å². The molecule has 2 aromatic carbocycles. The van der Waals surface area contributed by atoms with E-state index in [4.69, 9.17) is 0 Å². The number of ether oxygens (including phenoxy) is 1. The minimum absolute atomic E-state index is 0.110. The zero-order valence-electron chi connectivity index (χ0n) is 17.8. The number of esters is 1. The van der Waals surface area contributed by atoms with E-state index in [-0.39, 0.29) is 30.5 Å². The second kappa shape index (κ2) is 9.71. The number of benzene rings is 2. The van der Waals surface area contributed by atoms with Crippen LogP contribution in [0.15, 0.2) is 54.6 Å². The van der Waals surface area contributed by atoms with Crippen molar-refractivity contribution in [3.05, 3.63) is 66.1 Å². The fourth-order valence-electron chi connectivity index (χ4n) is 3.74. The molecule has 0 fully saturated rings. The Morgan fingerprint density at radius 2 is 1.77 bits per heavy atom. The number of halogens is 1. The molecule has 0 spiro atoms. The number of methoxy groups -OCH3 is 1. The largest absolute Gasteiger partial charge is 0.469 e. The topological polar surface area (TPSA) is 68.5 Å². The van der Waals surface area contributed by atoms with Gasteiger partial charge < -0.3 is 14.4 Å². The summed E-state index contributed by atoms with van der Waals surface area (Å²) in [6.45, 7) is 4.11. The Kier molecular flexibility index (Phi) is 7.02. The highest BCUT2D eigenvalue weighted by Gasteiger charge is 2.19. The number of aliphatic hydroxyl groups excluding tert-OH is 1. The van der Waals surface area contributed by atoms with Crippen LogP contribution in [0.3, 0.4) is 0 Å². The number of carbonyl (C=O) groups is 2. The fourth-order valence-corrected chi connectivity index (χ4v) is 3.74. The number of hydrogen-bond acceptors (Lipinski definition) is 4. The molecule has 162 valence electrons. The maximum atomic E-state index is 13.5. The molecule has 1 unspecified atom stereocenters. The van der Waals surface area contributed by atoms with E-state index in [2.05, 4.69) is 23.2 Å². The summed E-state index contributed by atoms with van der Waals surface area (Å²) in [6.07, 6.45) is 1.63. The van der Waals surface area contributed by atoms with Crippen LogP contribution in [0.1, 0.15) is 38.4 Å². The Hall–Kier alpha value is -3.25. The van der Waals surface area contributed by atoms with Crippen LogP contribution in [0.25, 0.3) is 28.1 Å². The normalized spacial score (nSPS) is 12.6. The summed E-state index contributed by atoms with van der Waals surface area (Å²) in [5.41, 5.74) is 3.58. The van der Waals surface area contributed by atoms with Crippen molar-refractivity contribution in [1.29, 1.82) is 0 Å². The summed E-state index contributed by atoms with van der Waals surface area (Å²) in [6, 6.07) is 14.3. The maximum absolute atomic E-state index is 13.5. The molecule has 0 bridgehead atoms. The van der Waals surface area contributed by atoms with Gasteiger partial charge in [-0.2, -0.15) is 0 Å². The van der Waals surface area contributed by atoms with Crippen LogP contribution >= 0.6 is 0 Å². The molecular formula is C25H26FNO4. The van der Waals surface area contributed by atoms with Gasteiger partial charge in [0.15, 0.2) is 5.78 Å². The second-order valence-corrected chi connectivity index (χ2v) is 7.69. The molecule has 0 amide bonds. The van der Waals surface area contributed by atoms with Gasteiger partial charge in [0.2, 0.25) is 0 Å². The average molecular weight is 423 g/mol. The van der Waals surface area contributed by atoms with Gasteiger partial charge in [-0.15, -0.1) is 0 Å². The van der Waals surface area contributed by atoms with E-state index < -0.39 is 12.1 Å². The monoisotopic (exact) mass is 423 g/mol. The SMILES string of the molecule is COC(=O)CC(O)CC(=O)/C=C/c1c(-c2ccc(F)cc2)c2ccccc2n1C(C)C. The van der Waals surface area contributed by atoms with E-state index in [1.165, 1.54) is 25.3 Å². The molecule has 1 N–H and O–H groups in total. The third-order valence-electron chi connectivity index (χ3n) is 5.09. The first-order valence-electron chi connectivity index (χ1n) is 10.2. The van der Waals surface area contributed by atoms with E-state index >= 15 is 0 Å². The van der Waals surface area contributed by atoms with Crippen molar-refractivity contribution in [3.63, 3.8) is 0 Å². The lowest BCUT2D eigenvalue weighted by Gasteiger charge is -2.14. The highest BCUT2D eigenvalue weighted by molar-refractivity contribution is 6.03. The zero-order chi connectivity index (χ0) is 22.5. The molecule has 0 saturated heterocycles. The van der Waals surface area contributed by atoms with E-state index in [9.17, 15) is 19.1 Å². The maximum Gasteiger partial charge on any atom is 0.308 e. The molecule has 0 aliphatic heterocycles. The number of aliphatic hydroxyl groups is 1. The van der Waals surface area contributed by atoms with Crippen LogP contribution in [0, 0.1) is 5.82 Å². The Morgan fingerprint density at radius 1 is 1.10 bits per heavy atom. The lowest BCUT2D eigenvalue weighted by Crippen LogP contribution is -2.17. The molecule has 3 rings (SSSR count). The van der Waals surface area contributed by atoms with E-state index in [1.807, 2.05) is 24.3 Å². The third-order valence-corrected chi connectivity index (χ3v) is 5.09. The summed E-state index contributed by atoms with van der Waals surface area (Å²) in [4.78, 5) is 23.7. The molecule has 1 atom stereocenters. The number of rotatable bonds is 8.